The fourth-order valence-electron chi connectivity index (χ4n) is 2.72. The highest BCUT2D eigenvalue weighted by molar-refractivity contribution is 7.08. The SMILES string of the molecule is Cc1nc([C@H]2COCCN2C(=O)c2snnc2C(C)C)cc(=O)[nH]1. The molecule has 1 N–H and O–H groups in total. The first-order valence-electron chi connectivity index (χ1n) is 7.76. The highest BCUT2D eigenvalue weighted by atomic mass is 32.1. The first kappa shape index (κ1) is 16.7. The van der Waals surface area contributed by atoms with Crippen molar-refractivity contribution in [3.05, 3.63) is 38.5 Å². The molecule has 2 aromatic rings. The molecule has 0 saturated carbocycles. The van der Waals surface area contributed by atoms with Crippen LogP contribution < -0.4 is 5.56 Å². The van der Waals surface area contributed by atoms with Gasteiger partial charge in [-0.3, -0.25) is 9.59 Å². The maximum atomic E-state index is 13.0. The molecule has 9 heteroatoms. The van der Waals surface area contributed by atoms with E-state index in [0.717, 1.165) is 11.5 Å². The lowest BCUT2D eigenvalue weighted by atomic mass is 10.1. The maximum absolute atomic E-state index is 13.0. The van der Waals surface area contributed by atoms with Gasteiger partial charge in [-0.05, 0) is 24.4 Å². The van der Waals surface area contributed by atoms with Crippen molar-refractivity contribution in [2.24, 2.45) is 0 Å². The highest BCUT2D eigenvalue weighted by Gasteiger charge is 2.33. The molecule has 0 aliphatic carbocycles. The number of aromatic amines is 1. The van der Waals surface area contributed by atoms with E-state index in [4.69, 9.17) is 4.74 Å². The zero-order valence-electron chi connectivity index (χ0n) is 13.8. The van der Waals surface area contributed by atoms with E-state index in [1.807, 2.05) is 13.8 Å². The molecule has 0 unspecified atom stereocenters. The summed E-state index contributed by atoms with van der Waals surface area (Å²) in [4.78, 5) is 34.0. The molecular weight excluding hydrogens is 330 g/mol. The van der Waals surface area contributed by atoms with E-state index in [-0.39, 0.29) is 17.4 Å². The Morgan fingerprint density at radius 1 is 1.50 bits per heavy atom. The zero-order valence-corrected chi connectivity index (χ0v) is 14.6. The second-order valence-electron chi connectivity index (χ2n) is 5.99. The summed E-state index contributed by atoms with van der Waals surface area (Å²) < 4.78 is 9.45. The average Bonchev–Trinajstić information content (AvgIpc) is 3.03. The van der Waals surface area contributed by atoms with Crippen LogP contribution in [0.15, 0.2) is 10.9 Å². The Labute approximate surface area is 143 Å². The molecule has 1 fully saturated rings. The molecule has 1 aliphatic rings. The normalized spacial score (nSPS) is 18.2. The third-order valence-corrected chi connectivity index (χ3v) is 4.59. The van der Waals surface area contributed by atoms with Crippen LogP contribution in [-0.4, -0.2) is 50.1 Å². The molecule has 24 heavy (non-hydrogen) atoms. The Morgan fingerprint density at radius 2 is 2.29 bits per heavy atom. The summed E-state index contributed by atoms with van der Waals surface area (Å²) in [5, 5.41) is 4.08. The van der Waals surface area contributed by atoms with E-state index in [1.54, 1.807) is 11.8 Å². The van der Waals surface area contributed by atoms with Gasteiger partial charge in [0.15, 0.2) is 0 Å². The quantitative estimate of drug-likeness (QED) is 0.895. The number of amides is 1. The summed E-state index contributed by atoms with van der Waals surface area (Å²) in [6.07, 6.45) is 0. The van der Waals surface area contributed by atoms with Crippen molar-refractivity contribution in [2.75, 3.05) is 19.8 Å². The molecule has 1 aliphatic heterocycles. The van der Waals surface area contributed by atoms with Crippen LogP contribution in [0, 0.1) is 6.92 Å². The van der Waals surface area contributed by atoms with Gasteiger partial charge in [0.05, 0.1) is 30.6 Å². The van der Waals surface area contributed by atoms with Crippen molar-refractivity contribution in [1.29, 1.82) is 0 Å². The van der Waals surface area contributed by atoms with Crippen LogP contribution in [0.3, 0.4) is 0 Å². The number of hydrogen-bond acceptors (Lipinski definition) is 7. The van der Waals surface area contributed by atoms with Gasteiger partial charge in [0, 0.05) is 12.6 Å². The van der Waals surface area contributed by atoms with Crippen molar-refractivity contribution in [3.8, 4) is 0 Å². The van der Waals surface area contributed by atoms with E-state index in [2.05, 4.69) is 19.6 Å². The van der Waals surface area contributed by atoms with E-state index in [9.17, 15) is 9.59 Å². The van der Waals surface area contributed by atoms with Crippen molar-refractivity contribution in [2.45, 2.75) is 32.7 Å². The lowest BCUT2D eigenvalue weighted by Gasteiger charge is -2.35. The number of hydrogen-bond donors (Lipinski definition) is 1. The predicted molar refractivity (Wildman–Crippen MR) is 88.2 cm³/mol. The van der Waals surface area contributed by atoms with E-state index >= 15 is 0 Å². The number of morpholine rings is 1. The van der Waals surface area contributed by atoms with E-state index in [0.29, 0.717) is 41.8 Å². The fourth-order valence-corrected chi connectivity index (χ4v) is 3.50. The third kappa shape index (κ3) is 3.22. The van der Waals surface area contributed by atoms with Crippen LogP contribution in [0.5, 0.6) is 0 Å². The van der Waals surface area contributed by atoms with Crippen LogP contribution >= 0.6 is 11.5 Å². The minimum Gasteiger partial charge on any atom is -0.377 e. The lowest BCUT2D eigenvalue weighted by molar-refractivity contribution is -0.00383. The Bertz CT molecular complexity index is 800. The van der Waals surface area contributed by atoms with Crippen molar-refractivity contribution >= 4 is 17.4 Å². The summed E-state index contributed by atoms with van der Waals surface area (Å²) >= 11 is 1.10. The van der Waals surface area contributed by atoms with E-state index < -0.39 is 6.04 Å². The van der Waals surface area contributed by atoms with Gasteiger partial charge in [-0.15, -0.1) is 5.10 Å². The second kappa shape index (κ2) is 6.78. The summed E-state index contributed by atoms with van der Waals surface area (Å²) in [5.41, 5.74) is 0.996. The van der Waals surface area contributed by atoms with Crippen LogP contribution in [0.1, 0.15) is 52.7 Å². The Kier molecular flexibility index (Phi) is 4.72. The van der Waals surface area contributed by atoms with Gasteiger partial charge in [0.25, 0.3) is 11.5 Å². The summed E-state index contributed by atoms with van der Waals surface area (Å²) in [7, 11) is 0. The molecule has 128 valence electrons. The first-order valence-corrected chi connectivity index (χ1v) is 8.53. The minimum absolute atomic E-state index is 0.113. The van der Waals surface area contributed by atoms with Gasteiger partial charge in [-0.2, -0.15) is 0 Å². The number of carbonyl (C=O) groups is 1. The first-order chi connectivity index (χ1) is 11.5. The molecule has 1 saturated heterocycles. The smallest absolute Gasteiger partial charge is 0.268 e. The van der Waals surface area contributed by atoms with Gasteiger partial charge in [0.1, 0.15) is 10.7 Å². The van der Waals surface area contributed by atoms with Gasteiger partial charge in [-0.25, -0.2) is 4.98 Å². The molecule has 8 nitrogen and oxygen atoms in total. The molecule has 0 spiro atoms. The molecule has 1 atom stereocenters. The molecule has 3 rings (SSSR count). The number of nitrogens with zero attached hydrogens (tertiary/aromatic N) is 4. The van der Waals surface area contributed by atoms with Crippen LogP contribution in [0.4, 0.5) is 0 Å². The largest absolute Gasteiger partial charge is 0.377 e. The predicted octanol–water partition coefficient (Wildman–Crippen LogP) is 1.27. The molecule has 0 radical (unpaired) electrons. The zero-order chi connectivity index (χ0) is 17.3. The standard InChI is InChI=1S/C15H19N5O3S/c1-8(2)13-14(24-19-18-13)15(22)20-4-5-23-7-11(20)10-6-12(21)17-9(3)16-10/h6,8,11H,4-5,7H2,1-3H3,(H,16,17,21)/t11-/m1/s1. The average molecular weight is 349 g/mol. The van der Waals surface area contributed by atoms with Gasteiger partial charge < -0.3 is 14.6 Å². The number of aromatic nitrogens is 4. The Morgan fingerprint density at radius 3 is 3.00 bits per heavy atom. The van der Waals surface area contributed by atoms with Crippen molar-refractivity contribution in [3.63, 3.8) is 0 Å². The van der Waals surface area contributed by atoms with Gasteiger partial charge in [-0.1, -0.05) is 18.3 Å². The number of H-pyrrole nitrogens is 1. The molecule has 1 amide bonds. The van der Waals surface area contributed by atoms with Crippen LogP contribution in [0.25, 0.3) is 0 Å². The van der Waals surface area contributed by atoms with Crippen LogP contribution in [-0.2, 0) is 4.74 Å². The highest BCUT2D eigenvalue weighted by Crippen LogP contribution is 2.28. The molecular formula is C15H19N5O3S. The molecule has 0 bridgehead atoms. The van der Waals surface area contributed by atoms with Gasteiger partial charge >= 0.3 is 0 Å². The topological polar surface area (TPSA) is 101 Å². The number of nitrogens with one attached hydrogen (secondary N) is 1. The summed E-state index contributed by atoms with van der Waals surface area (Å²) in [6, 6.07) is 1.02. The fraction of sp³-hybridized carbons (Fsp3) is 0.533. The minimum atomic E-state index is -0.394. The monoisotopic (exact) mass is 349 g/mol. The maximum Gasteiger partial charge on any atom is 0.268 e. The van der Waals surface area contributed by atoms with Crippen molar-refractivity contribution in [1.82, 2.24) is 24.5 Å². The number of rotatable bonds is 3. The second-order valence-corrected chi connectivity index (χ2v) is 6.74. The summed E-state index contributed by atoms with van der Waals surface area (Å²) in [6.45, 7) is 6.87. The Balaban J connectivity index is 1.96. The molecule has 2 aromatic heterocycles. The Hall–Kier alpha value is -2.13. The number of aryl methyl sites for hydroxylation is 1. The lowest BCUT2D eigenvalue weighted by Crippen LogP contribution is -2.44. The number of ether oxygens (including phenoxy) is 1. The van der Waals surface area contributed by atoms with E-state index in [1.165, 1.54) is 6.07 Å². The molecule has 3 heterocycles. The van der Waals surface area contributed by atoms with Crippen molar-refractivity contribution < 1.29 is 9.53 Å². The van der Waals surface area contributed by atoms with Gasteiger partial charge in [0.2, 0.25) is 0 Å². The number of carbonyl (C=O) groups excluding carboxylic acids is 1. The van der Waals surface area contributed by atoms with Crippen LogP contribution in [0.2, 0.25) is 0 Å². The third-order valence-electron chi connectivity index (χ3n) is 3.87. The summed E-state index contributed by atoms with van der Waals surface area (Å²) in [5.74, 6) is 0.488. The molecule has 0 aromatic carbocycles.